The van der Waals surface area contributed by atoms with Crippen LogP contribution in [-0.4, -0.2) is 60.7 Å². The molecule has 0 heterocycles. The number of amides is 2. The normalized spacial score (nSPS) is 12.4. The molecule has 0 saturated carbocycles. The molecule has 2 amide bonds. The lowest BCUT2D eigenvalue weighted by atomic mass is 9.99. The molecule has 3 rings (SSSR count). The summed E-state index contributed by atoms with van der Waals surface area (Å²) in [6.07, 6.45) is 1.36. The summed E-state index contributed by atoms with van der Waals surface area (Å²) in [5, 5.41) is 17.6. The first kappa shape index (κ1) is 31.8. The molecule has 0 spiro atoms. The largest absolute Gasteiger partial charge is 0.497 e. The average Bonchev–Trinajstić information content (AvgIpc) is 2.97. The molecule has 0 radical (unpaired) electrons. The fourth-order valence-corrected chi connectivity index (χ4v) is 4.88. The van der Waals surface area contributed by atoms with Crippen molar-refractivity contribution in [3.8, 4) is 5.75 Å². The van der Waals surface area contributed by atoms with E-state index in [9.17, 15) is 14.7 Å². The average molecular weight is 560 g/mol. The molecule has 220 valence electrons. The minimum absolute atomic E-state index is 0.0653. The molecule has 3 N–H and O–H groups in total. The number of ether oxygens (including phenoxy) is 1. The summed E-state index contributed by atoms with van der Waals surface area (Å²) in [4.78, 5) is 28.6. The third-order valence-corrected chi connectivity index (χ3v) is 7.03. The zero-order chi connectivity index (χ0) is 29.8. The van der Waals surface area contributed by atoms with Crippen LogP contribution in [0.2, 0.25) is 0 Å². The van der Waals surface area contributed by atoms with E-state index in [-0.39, 0.29) is 18.4 Å². The predicted molar refractivity (Wildman–Crippen MR) is 165 cm³/mol. The predicted octanol–water partition coefficient (Wildman–Crippen LogP) is 5.07. The molecule has 2 atom stereocenters. The first-order valence-corrected chi connectivity index (χ1v) is 14.5. The lowest BCUT2D eigenvalue weighted by Gasteiger charge is -2.25. The number of nitrogens with zero attached hydrogens (tertiary/aromatic N) is 1. The van der Waals surface area contributed by atoms with Gasteiger partial charge in [0.25, 0.3) is 11.8 Å². The van der Waals surface area contributed by atoms with Crippen LogP contribution in [0.5, 0.6) is 5.75 Å². The first-order valence-electron chi connectivity index (χ1n) is 14.5. The summed E-state index contributed by atoms with van der Waals surface area (Å²) in [7, 11) is 1.63. The van der Waals surface area contributed by atoms with Crippen molar-refractivity contribution in [2.24, 2.45) is 0 Å². The van der Waals surface area contributed by atoms with Crippen molar-refractivity contribution in [2.45, 2.75) is 65.6 Å². The molecule has 0 bridgehead atoms. The summed E-state index contributed by atoms with van der Waals surface area (Å²) in [6.45, 7) is 10.2. The number of aryl methyl sites for hydroxylation is 2. The zero-order valence-electron chi connectivity index (χ0n) is 25.1. The molecule has 41 heavy (non-hydrogen) atoms. The standard InChI is InChI=1S/C34H45N3O4/c1-6-15-37(16-7-2)34(40)29-18-25(4)17-28(21-29)33(39)36-31(20-26-13-11-24(3)12-14-26)32(38)23-35-22-27-9-8-10-30(19-27)41-5/h8-14,17-19,21,31-32,35,38H,6-7,15-16,20,22-23H2,1-5H3,(H,36,39)/t31-,32+/m1/s1. The summed E-state index contributed by atoms with van der Waals surface area (Å²) < 4.78 is 5.30. The summed E-state index contributed by atoms with van der Waals surface area (Å²) in [6, 6.07) is 20.6. The van der Waals surface area contributed by atoms with Gasteiger partial charge in [0.05, 0.1) is 19.3 Å². The minimum atomic E-state index is -0.846. The van der Waals surface area contributed by atoms with E-state index in [4.69, 9.17) is 4.74 Å². The second kappa shape index (κ2) is 15.9. The van der Waals surface area contributed by atoms with Gasteiger partial charge in [-0.1, -0.05) is 55.8 Å². The Kier molecular flexibility index (Phi) is 12.4. The Morgan fingerprint density at radius 3 is 2.22 bits per heavy atom. The van der Waals surface area contributed by atoms with E-state index in [1.165, 1.54) is 0 Å². The van der Waals surface area contributed by atoms with Crippen LogP contribution in [0.4, 0.5) is 0 Å². The van der Waals surface area contributed by atoms with Gasteiger partial charge in [-0.3, -0.25) is 9.59 Å². The van der Waals surface area contributed by atoms with E-state index in [2.05, 4.69) is 24.5 Å². The second-order valence-electron chi connectivity index (χ2n) is 10.7. The fourth-order valence-electron chi connectivity index (χ4n) is 4.88. The molecule has 0 saturated heterocycles. The van der Waals surface area contributed by atoms with Crippen LogP contribution in [-0.2, 0) is 13.0 Å². The Labute approximate surface area is 244 Å². The van der Waals surface area contributed by atoms with Gasteiger partial charge in [-0.05, 0) is 80.1 Å². The number of aliphatic hydroxyl groups excluding tert-OH is 1. The molecule has 0 unspecified atom stereocenters. The monoisotopic (exact) mass is 559 g/mol. The van der Waals surface area contributed by atoms with E-state index in [1.54, 1.807) is 19.2 Å². The van der Waals surface area contributed by atoms with E-state index >= 15 is 0 Å². The first-order chi connectivity index (χ1) is 19.7. The van der Waals surface area contributed by atoms with Gasteiger partial charge in [0.1, 0.15) is 5.75 Å². The van der Waals surface area contributed by atoms with Crippen molar-refractivity contribution in [3.05, 3.63) is 100 Å². The van der Waals surface area contributed by atoms with Gasteiger partial charge < -0.3 is 25.4 Å². The molecule has 0 fully saturated rings. The molecule has 7 heteroatoms. The third-order valence-electron chi connectivity index (χ3n) is 7.03. The quantitative estimate of drug-likeness (QED) is 0.242. The SMILES string of the molecule is CCCN(CCC)C(=O)c1cc(C)cc(C(=O)N[C@H](Cc2ccc(C)cc2)[C@@H](O)CNCc2cccc(OC)c2)c1. The van der Waals surface area contributed by atoms with E-state index in [0.29, 0.717) is 37.2 Å². The van der Waals surface area contributed by atoms with E-state index < -0.39 is 12.1 Å². The number of aliphatic hydroxyl groups is 1. The van der Waals surface area contributed by atoms with Gasteiger partial charge in [-0.25, -0.2) is 0 Å². The number of rotatable bonds is 15. The van der Waals surface area contributed by atoms with Crippen molar-refractivity contribution in [3.63, 3.8) is 0 Å². The Bertz CT molecular complexity index is 1270. The zero-order valence-corrected chi connectivity index (χ0v) is 25.1. The van der Waals surface area contributed by atoms with Gasteiger partial charge >= 0.3 is 0 Å². The summed E-state index contributed by atoms with van der Waals surface area (Å²) in [5.41, 5.74) is 4.95. The third kappa shape index (κ3) is 9.73. The number of nitrogens with one attached hydrogen (secondary N) is 2. The summed E-state index contributed by atoms with van der Waals surface area (Å²) in [5.74, 6) is 0.395. The van der Waals surface area contributed by atoms with Gasteiger partial charge in [0.2, 0.25) is 0 Å². The van der Waals surface area contributed by atoms with Crippen molar-refractivity contribution < 1.29 is 19.4 Å². The van der Waals surface area contributed by atoms with Crippen LogP contribution in [0.15, 0.2) is 66.7 Å². The Morgan fingerprint density at radius 2 is 1.56 bits per heavy atom. The van der Waals surface area contributed by atoms with E-state index in [0.717, 1.165) is 40.8 Å². The van der Waals surface area contributed by atoms with Crippen LogP contribution in [0.25, 0.3) is 0 Å². The number of benzene rings is 3. The molecular weight excluding hydrogens is 514 g/mol. The van der Waals surface area contributed by atoms with Gasteiger partial charge in [-0.15, -0.1) is 0 Å². The van der Waals surface area contributed by atoms with Gasteiger partial charge in [0.15, 0.2) is 0 Å². The highest BCUT2D eigenvalue weighted by Gasteiger charge is 2.24. The van der Waals surface area contributed by atoms with Crippen LogP contribution in [0.3, 0.4) is 0 Å². The van der Waals surface area contributed by atoms with Gasteiger partial charge in [-0.2, -0.15) is 0 Å². The Morgan fingerprint density at radius 1 is 0.878 bits per heavy atom. The Balaban J connectivity index is 1.77. The van der Waals surface area contributed by atoms with Crippen LogP contribution in [0, 0.1) is 13.8 Å². The lowest BCUT2D eigenvalue weighted by Crippen LogP contribution is -2.48. The number of methoxy groups -OCH3 is 1. The number of carbonyl (C=O) groups excluding carboxylic acids is 2. The fraction of sp³-hybridized carbons (Fsp3) is 0.412. The van der Waals surface area contributed by atoms with E-state index in [1.807, 2.05) is 73.3 Å². The summed E-state index contributed by atoms with van der Waals surface area (Å²) >= 11 is 0. The molecular formula is C34H45N3O4. The molecule has 3 aromatic carbocycles. The highest BCUT2D eigenvalue weighted by atomic mass is 16.5. The molecule has 7 nitrogen and oxygen atoms in total. The van der Waals surface area contributed by atoms with Crippen LogP contribution < -0.4 is 15.4 Å². The molecule has 0 aliphatic heterocycles. The molecule has 0 aliphatic carbocycles. The maximum atomic E-state index is 13.5. The minimum Gasteiger partial charge on any atom is -0.497 e. The van der Waals surface area contributed by atoms with Crippen molar-refractivity contribution in [1.29, 1.82) is 0 Å². The second-order valence-corrected chi connectivity index (χ2v) is 10.7. The lowest BCUT2D eigenvalue weighted by molar-refractivity contribution is 0.0755. The topological polar surface area (TPSA) is 90.9 Å². The number of hydrogen-bond donors (Lipinski definition) is 3. The smallest absolute Gasteiger partial charge is 0.253 e. The maximum Gasteiger partial charge on any atom is 0.253 e. The molecule has 0 aromatic heterocycles. The number of carbonyl (C=O) groups is 2. The Hall–Kier alpha value is -3.68. The highest BCUT2D eigenvalue weighted by Crippen LogP contribution is 2.16. The van der Waals surface area contributed by atoms with Crippen molar-refractivity contribution >= 4 is 11.8 Å². The van der Waals surface area contributed by atoms with Gasteiger partial charge in [0, 0.05) is 37.3 Å². The highest BCUT2D eigenvalue weighted by molar-refractivity contribution is 6.00. The number of hydrogen-bond acceptors (Lipinski definition) is 5. The maximum absolute atomic E-state index is 13.5. The van der Waals surface area contributed by atoms with Crippen LogP contribution >= 0.6 is 0 Å². The molecule has 0 aliphatic rings. The molecule has 3 aromatic rings. The van der Waals surface area contributed by atoms with Crippen LogP contribution in [0.1, 0.15) is 69.7 Å². The van der Waals surface area contributed by atoms with Crippen molar-refractivity contribution in [2.75, 3.05) is 26.7 Å². The van der Waals surface area contributed by atoms with Crippen molar-refractivity contribution in [1.82, 2.24) is 15.5 Å².